The normalized spacial score (nSPS) is 16.2. The van der Waals surface area contributed by atoms with Crippen LogP contribution in [0.25, 0.3) is 11.0 Å². The molecule has 1 aromatic heterocycles. The van der Waals surface area contributed by atoms with Crippen LogP contribution in [0.5, 0.6) is 0 Å². The molecule has 2 heterocycles. The Hall–Kier alpha value is -3.32. The standard InChI is InChI=1S/C20H18N4O3/c25-19(17-12-21-15-4-1-2-5-16(15)24-17)22-13-7-9-14(10-8-13)23-20(26)18-6-3-11-27-18/h1-2,4-5,7-10,12,18H,3,6,11H2,(H,22,25)(H,23,26). The van der Waals surface area contributed by atoms with Crippen LogP contribution in [0.15, 0.2) is 54.7 Å². The quantitative estimate of drug-likeness (QED) is 0.744. The number of rotatable bonds is 4. The van der Waals surface area contributed by atoms with Crippen molar-refractivity contribution in [2.75, 3.05) is 17.2 Å². The van der Waals surface area contributed by atoms with Crippen molar-refractivity contribution in [3.63, 3.8) is 0 Å². The van der Waals surface area contributed by atoms with Crippen LogP contribution in [0, 0.1) is 0 Å². The number of anilines is 2. The molecule has 1 saturated heterocycles. The van der Waals surface area contributed by atoms with Gasteiger partial charge in [-0.2, -0.15) is 0 Å². The highest BCUT2D eigenvalue weighted by Gasteiger charge is 2.23. The first kappa shape index (κ1) is 17.1. The summed E-state index contributed by atoms with van der Waals surface area (Å²) in [6, 6.07) is 14.3. The average Bonchev–Trinajstić information content (AvgIpc) is 3.24. The predicted molar refractivity (Wildman–Crippen MR) is 102 cm³/mol. The highest BCUT2D eigenvalue weighted by Crippen LogP contribution is 2.18. The highest BCUT2D eigenvalue weighted by molar-refractivity contribution is 6.03. The van der Waals surface area contributed by atoms with E-state index in [1.54, 1.807) is 24.3 Å². The maximum Gasteiger partial charge on any atom is 0.275 e. The van der Waals surface area contributed by atoms with Gasteiger partial charge < -0.3 is 15.4 Å². The van der Waals surface area contributed by atoms with Gasteiger partial charge in [-0.25, -0.2) is 4.98 Å². The molecule has 3 aromatic rings. The van der Waals surface area contributed by atoms with Crippen LogP contribution in [0.4, 0.5) is 11.4 Å². The van der Waals surface area contributed by atoms with Gasteiger partial charge in [-0.3, -0.25) is 14.6 Å². The molecule has 0 saturated carbocycles. The fourth-order valence-corrected chi connectivity index (χ4v) is 2.91. The molecule has 2 amide bonds. The van der Waals surface area contributed by atoms with E-state index in [0.29, 0.717) is 23.5 Å². The molecule has 0 bridgehead atoms. The summed E-state index contributed by atoms with van der Waals surface area (Å²) in [6.07, 6.45) is 2.72. The summed E-state index contributed by atoms with van der Waals surface area (Å²) in [6.45, 7) is 0.626. The first-order chi connectivity index (χ1) is 13.2. The van der Waals surface area contributed by atoms with Crippen molar-refractivity contribution in [1.82, 2.24) is 9.97 Å². The lowest BCUT2D eigenvalue weighted by molar-refractivity contribution is -0.124. The number of carbonyl (C=O) groups excluding carboxylic acids is 2. The fraction of sp³-hybridized carbons (Fsp3) is 0.200. The average molecular weight is 362 g/mol. The second-order valence-electron chi connectivity index (χ2n) is 6.27. The zero-order valence-electron chi connectivity index (χ0n) is 14.5. The summed E-state index contributed by atoms with van der Waals surface area (Å²) in [5.74, 6) is -0.486. The minimum atomic E-state index is -0.379. The van der Waals surface area contributed by atoms with Crippen LogP contribution in [0.3, 0.4) is 0 Å². The molecule has 0 spiro atoms. The van der Waals surface area contributed by atoms with Gasteiger partial charge in [0.1, 0.15) is 11.8 Å². The van der Waals surface area contributed by atoms with Gasteiger partial charge in [-0.05, 0) is 49.2 Å². The Morgan fingerprint density at radius 1 is 0.963 bits per heavy atom. The maximum absolute atomic E-state index is 12.4. The number of hydrogen-bond donors (Lipinski definition) is 2. The van der Waals surface area contributed by atoms with Crippen LogP contribution >= 0.6 is 0 Å². The predicted octanol–water partition coefficient (Wildman–Crippen LogP) is 3.00. The lowest BCUT2D eigenvalue weighted by Gasteiger charge is -2.11. The molecular formula is C20H18N4O3. The summed E-state index contributed by atoms with van der Waals surface area (Å²) >= 11 is 0. The molecule has 7 nitrogen and oxygen atoms in total. The molecule has 0 radical (unpaired) electrons. The summed E-state index contributed by atoms with van der Waals surface area (Å²) in [5, 5.41) is 5.60. The summed E-state index contributed by atoms with van der Waals surface area (Å²) in [4.78, 5) is 33.0. The monoisotopic (exact) mass is 362 g/mol. The Balaban J connectivity index is 1.41. The minimum Gasteiger partial charge on any atom is -0.368 e. The van der Waals surface area contributed by atoms with Gasteiger partial charge in [0, 0.05) is 18.0 Å². The van der Waals surface area contributed by atoms with Crippen LogP contribution in [-0.4, -0.2) is 34.5 Å². The number of nitrogens with one attached hydrogen (secondary N) is 2. The number of ether oxygens (including phenoxy) is 1. The second kappa shape index (κ2) is 7.51. The molecule has 1 aliphatic heterocycles. The molecule has 1 atom stereocenters. The number of aromatic nitrogens is 2. The molecule has 2 N–H and O–H groups in total. The Labute approximate surface area is 155 Å². The number of benzene rings is 2. The third kappa shape index (κ3) is 3.93. The van der Waals surface area contributed by atoms with E-state index >= 15 is 0 Å². The van der Waals surface area contributed by atoms with E-state index in [-0.39, 0.29) is 23.6 Å². The van der Waals surface area contributed by atoms with Gasteiger partial charge in [0.2, 0.25) is 0 Å². The topological polar surface area (TPSA) is 93.2 Å². The number of para-hydroxylation sites is 2. The number of fused-ring (bicyclic) bond motifs is 1. The highest BCUT2D eigenvalue weighted by atomic mass is 16.5. The minimum absolute atomic E-state index is 0.143. The molecule has 1 fully saturated rings. The van der Waals surface area contributed by atoms with Crippen LogP contribution < -0.4 is 10.6 Å². The maximum atomic E-state index is 12.4. The molecule has 1 aliphatic rings. The Morgan fingerprint density at radius 3 is 2.37 bits per heavy atom. The van der Waals surface area contributed by atoms with Crippen molar-refractivity contribution >= 4 is 34.2 Å². The second-order valence-corrected chi connectivity index (χ2v) is 6.27. The third-order valence-electron chi connectivity index (χ3n) is 4.31. The summed E-state index contributed by atoms with van der Waals surface area (Å²) in [5.41, 5.74) is 2.89. The van der Waals surface area contributed by atoms with Gasteiger partial charge in [-0.15, -0.1) is 0 Å². The van der Waals surface area contributed by atoms with E-state index in [4.69, 9.17) is 4.74 Å². The molecule has 4 rings (SSSR count). The number of carbonyl (C=O) groups is 2. The molecule has 0 aliphatic carbocycles. The van der Waals surface area contributed by atoms with Gasteiger partial charge in [0.15, 0.2) is 0 Å². The van der Waals surface area contributed by atoms with E-state index in [9.17, 15) is 9.59 Å². The van der Waals surface area contributed by atoms with Crippen molar-refractivity contribution in [3.8, 4) is 0 Å². The SMILES string of the molecule is O=C(Nc1ccc(NC(=O)C2CCCO2)cc1)c1cnc2ccccc2n1. The largest absolute Gasteiger partial charge is 0.368 e. The lowest BCUT2D eigenvalue weighted by atomic mass is 10.2. The first-order valence-electron chi connectivity index (χ1n) is 8.75. The molecule has 2 aromatic carbocycles. The molecule has 136 valence electrons. The van der Waals surface area contributed by atoms with Crippen molar-refractivity contribution in [3.05, 3.63) is 60.4 Å². The van der Waals surface area contributed by atoms with Crippen molar-refractivity contribution in [2.24, 2.45) is 0 Å². The molecular weight excluding hydrogens is 344 g/mol. The van der Waals surface area contributed by atoms with Crippen LogP contribution in [0.1, 0.15) is 23.3 Å². The molecule has 7 heteroatoms. The Bertz CT molecular complexity index is 982. The summed E-state index contributed by atoms with van der Waals surface area (Å²) in [7, 11) is 0. The molecule has 1 unspecified atom stereocenters. The fourth-order valence-electron chi connectivity index (χ4n) is 2.91. The molecule has 27 heavy (non-hydrogen) atoms. The van der Waals surface area contributed by atoms with Gasteiger partial charge in [-0.1, -0.05) is 12.1 Å². The van der Waals surface area contributed by atoms with E-state index in [0.717, 1.165) is 18.4 Å². The Kier molecular flexibility index (Phi) is 4.76. The Morgan fingerprint density at radius 2 is 1.67 bits per heavy atom. The zero-order valence-corrected chi connectivity index (χ0v) is 14.5. The first-order valence-corrected chi connectivity index (χ1v) is 8.75. The van der Waals surface area contributed by atoms with Crippen molar-refractivity contribution in [2.45, 2.75) is 18.9 Å². The van der Waals surface area contributed by atoms with Gasteiger partial charge >= 0.3 is 0 Å². The lowest BCUT2D eigenvalue weighted by Crippen LogP contribution is -2.26. The van der Waals surface area contributed by atoms with E-state index in [2.05, 4.69) is 20.6 Å². The van der Waals surface area contributed by atoms with Gasteiger partial charge in [0.25, 0.3) is 11.8 Å². The number of nitrogens with zero attached hydrogens (tertiary/aromatic N) is 2. The van der Waals surface area contributed by atoms with E-state index in [1.165, 1.54) is 6.20 Å². The van der Waals surface area contributed by atoms with Gasteiger partial charge in [0.05, 0.1) is 17.2 Å². The van der Waals surface area contributed by atoms with Crippen molar-refractivity contribution in [1.29, 1.82) is 0 Å². The van der Waals surface area contributed by atoms with E-state index < -0.39 is 0 Å². The third-order valence-corrected chi connectivity index (χ3v) is 4.31. The zero-order chi connectivity index (χ0) is 18.6. The number of hydrogen-bond acceptors (Lipinski definition) is 5. The van der Waals surface area contributed by atoms with Crippen LogP contribution in [0.2, 0.25) is 0 Å². The summed E-state index contributed by atoms with van der Waals surface area (Å²) < 4.78 is 5.36. The smallest absolute Gasteiger partial charge is 0.275 e. The van der Waals surface area contributed by atoms with E-state index in [1.807, 2.05) is 24.3 Å². The van der Waals surface area contributed by atoms with Crippen LogP contribution in [-0.2, 0) is 9.53 Å². The van der Waals surface area contributed by atoms with Crippen molar-refractivity contribution < 1.29 is 14.3 Å². The number of amides is 2.